The van der Waals surface area contributed by atoms with Crippen molar-refractivity contribution in [3.63, 3.8) is 0 Å². The van der Waals surface area contributed by atoms with Crippen molar-refractivity contribution in [1.82, 2.24) is 9.80 Å². The molecule has 314 valence electrons. The van der Waals surface area contributed by atoms with Crippen LogP contribution in [0.5, 0.6) is 0 Å². The number of esters is 1. The van der Waals surface area contributed by atoms with Gasteiger partial charge in [-0.15, -0.1) is 0 Å². The normalized spacial score (nSPS) is 38.7. The maximum atomic E-state index is 14.3. The number of hydrogen-bond donors (Lipinski definition) is 2. The van der Waals surface area contributed by atoms with Crippen LogP contribution in [0, 0.1) is 62.1 Å². The van der Waals surface area contributed by atoms with Gasteiger partial charge in [0, 0.05) is 30.3 Å². The van der Waals surface area contributed by atoms with Crippen LogP contribution in [0.4, 0.5) is 0 Å². The van der Waals surface area contributed by atoms with Gasteiger partial charge in [0.1, 0.15) is 6.10 Å². The monoisotopic (exact) mass is 779 g/mol. The number of carbonyl (C=O) groups excluding carboxylic acids is 3. The summed E-state index contributed by atoms with van der Waals surface area (Å²) in [5.41, 5.74) is 0.175. The van der Waals surface area contributed by atoms with Crippen LogP contribution in [0.15, 0.2) is 11.1 Å². The average Bonchev–Trinajstić information content (AvgIpc) is 3.66. The maximum Gasteiger partial charge on any atom is 0.309 e. The van der Waals surface area contributed by atoms with E-state index in [0.29, 0.717) is 43.8 Å². The van der Waals surface area contributed by atoms with E-state index in [-0.39, 0.29) is 57.7 Å². The molecule has 9 atom stereocenters. The molecule has 1 aliphatic heterocycles. The number of nitrogens with zero attached hydrogens (tertiary/aromatic N) is 2. The molecule has 7 aliphatic rings. The Morgan fingerprint density at radius 2 is 1.57 bits per heavy atom. The maximum absolute atomic E-state index is 14.3. The van der Waals surface area contributed by atoms with E-state index in [0.717, 1.165) is 95.7 Å². The van der Waals surface area contributed by atoms with Gasteiger partial charge in [0.2, 0.25) is 5.91 Å². The van der Waals surface area contributed by atoms with Crippen molar-refractivity contribution in [3.8, 4) is 0 Å². The Balaban J connectivity index is 1.15. The molecule has 0 radical (unpaired) electrons. The van der Waals surface area contributed by atoms with Crippen molar-refractivity contribution in [3.05, 3.63) is 11.1 Å². The van der Waals surface area contributed by atoms with Crippen LogP contribution in [0.3, 0.4) is 0 Å². The zero-order valence-electron chi connectivity index (χ0n) is 36.3. The predicted octanol–water partition coefficient (Wildman–Crippen LogP) is 8.08. The van der Waals surface area contributed by atoms with Crippen molar-refractivity contribution >= 4 is 23.6 Å². The quantitative estimate of drug-likeness (QED) is 0.191. The fraction of sp³-hybridized carbons (Fsp3) is 0.872. The number of fused-ring (bicyclic) bond motifs is 7. The number of carboxylic acid groups (broad SMARTS) is 1. The number of amides is 1. The van der Waals surface area contributed by atoms with Gasteiger partial charge in [-0.1, -0.05) is 54.0 Å². The molecule has 0 aromatic rings. The van der Waals surface area contributed by atoms with Gasteiger partial charge in [-0.2, -0.15) is 0 Å². The Morgan fingerprint density at radius 3 is 2.20 bits per heavy atom. The first-order chi connectivity index (χ1) is 26.1. The lowest BCUT2D eigenvalue weighted by Gasteiger charge is -2.72. The van der Waals surface area contributed by atoms with E-state index in [2.05, 4.69) is 53.4 Å². The first kappa shape index (κ1) is 41.9. The molecule has 0 bridgehead atoms. The highest BCUT2D eigenvalue weighted by Crippen LogP contribution is 2.77. The summed E-state index contributed by atoms with van der Waals surface area (Å²) in [6.07, 6.45) is 11.4. The number of aliphatic carboxylic acids is 1. The molecule has 1 saturated heterocycles. The summed E-state index contributed by atoms with van der Waals surface area (Å²) in [6.45, 7) is 23.0. The van der Waals surface area contributed by atoms with Gasteiger partial charge in [-0.05, 0) is 155 Å². The van der Waals surface area contributed by atoms with Gasteiger partial charge in [-0.25, -0.2) is 0 Å². The van der Waals surface area contributed by atoms with Crippen LogP contribution in [-0.2, 0) is 23.9 Å². The highest BCUT2D eigenvalue weighted by atomic mass is 16.5. The summed E-state index contributed by atoms with van der Waals surface area (Å²) in [5, 5.41) is 22.3. The third-order valence-corrected chi connectivity index (χ3v) is 18.0. The molecule has 7 rings (SSSR count). The highest BCUT2D eigenvalue weighted by molar-refractivity contribution is 6.00. The number of allylic oxidation sites excluding steroid dienone is 1. The lowest BCUT2D eigenvalue weighted by atomic mass is 9.33. The van der Waals surface area contributed by atoms with Gasteiger partial charge in [0.05, 0.1) is 24.5 Å². The van der Waals surface area contributed by atoms with Gasteiger partial charge in [-0.3, -0.25) is 24.1 Å². The summed E-state index contributed by atoms with van der Waals surface area (Å²) in [4.78, 5) is 57.3. The summed E-state index contributed by atoms with van der Waals surface area (Å²) < 4.78 is 6.19. The summed E-state index contributed by atoms with van der Waals surface area (Å²) in [6, 6.07) is 0. The van der Waals surface area contributed by atoms with E-state index in [1.807, 2.05) is 4.90 Å². The van der Waals surface area contributed by atoms with E-state index < -0.39 is 28.9 Å². The van der Waals surface area contributed by atoms with Crippen LogP contribution in [-0.4, -0.2) is 88.6 Å². The van der Waals surface area contributed by atoms with Gasteiger partial charge < -0.3 is 19.8 Å². The fourth-order valence-electron chi connectivity index (χ4n) is 14.4. The minimum absolute atomic E-state index is 0.0216. The topological polar surface area (TPSA) is 124 Å². The Labute approximate surface area is 337 Å². The van der Waals surface area contributed by atoms with Crippen LogP contribution < -0.4 is 0 Å². The highest BCUT2D eigenvalue weighted by Gasteiger charge is 2.71. The van der Waals surface area contributed by atoms with E-state index >= 15 is 0 Å². The molecule has 6 aliphatic carbocycles. The Bertz CT molecular complexity index is 1620. The van der Waals surface area contributed by atoms with Crippen molar-refractivity contribution < 1.29 is 34.1 Å². The number of likely N-dealkylation sites (tertiary alicyclic amines) is 1. The second-order valence-electron chi connectivity index (χ2n) is 22.3. The number of carbonyl (C=O) groups is 4. The van der Waals surface area contributed by atoms with Crippen LogP contribution in [0.2, 0.25) is 0 Å². The minimum atomic E-state index is -1.17. The molecular formula is C47H74N2O7. The number of ketones is 1. The molecular weight excluding hydrogens is 705 g/mol. The standard InChI is InChI=1S/C47H74N2O7/c1-29(2)39-32(50)24-47(35(51)27-49(26-30-12-13-30)37(52)28-48-22-10-11-23-48)21-20-45(8)31(40(39)47)14-15-34-44(7)18-17-36(56-38(53)25-42(3,4)41(54)55)43(5,6)33(44)16-19-46(34,45)9/h29-31,33-36,51H,10-28H2,1-9H3,(H,54,55)/t31-,33-,34-,35+,36+,44+,45-,46-,47+/m1/s1. The number of rotatable bonds is 12. The van der Waals surface area contributed by atoms with Crippen molar-refractivity contribution in [1.29, 1.82) is 0 Å². The largest absolute Gasteiger partial charge is 0.481 e. The van der Waals surface area contributed by atoms with E-state index in [1.165, 1.54) is 5.57 Å². The van der Waals surface area contributed by atoms with Gasteiger partial charge >= 0.3 is 11.9 Å². The third-order valence-electron chi connectivity index (χ3n) is 18.0. The van der Waals surface area contributed by atoms with Crippen molar-refractivity contribution in [2.24, 2.45) is 62.1 Å². The van der Waals surface area contributed by atoms with Crippen LogP contribution in [0.1, 0.15) is 152 Å². The number of aliphatic hydroxyl groups is 1. The molecule has 2 N–H and O–H groups in total. The first-order valence-electron chi connectivity index (χ1n) is 22.5. The smallest absolute Gasteiger partial charge is 0.309 e. The van der Waals surface area contributed by atoms with E-state index in [1.54, 1.807) is 13.8 Å². The molecule has 5 saturated carbocycles. The summed E-state index contributed by atoms with van der Waals surface area (Å²) >= 11 is 0. The molecule has 6 fully saturated rings. The molecule has 1 heterocycles. The number of hydrogen-bond acceptors (Lipinski definition) is 7. The van der Waals surface area contributed by atoms with Crippen LogP contribution in [0.25, 0.3) is 0 Å². The van der Waals surface area contributed by atoms with Crippen molar-refractivity contribution in [2.45, 2.75) is 164 Å². The molecule has 9 nitrogen and oxygen atoms in total. The zero-order chi connectivity index (χ0) is 40.8. The first-order valence-corrected chi connectivity index (χ1v) is 22.5. The fourth-order valence-corrected chi connectivity index (χ4v) is 14.4. The Hall–Kier alpha value is -2.26. The summed E-state index contributed by atoms with van der Waals surface area (Å²) in [7, 11) is 0. The Morgan fingerprint density at radius 1 is 0.893 bits per heavy atom. The minimum Gasteiger partial charge on any atom is -0.481 e. The van der Waals surface area contributed by atoms with Crippen LogP contribution >= 0.6 is 0 Å². The molecule has 9 heteroatoms. The molecule has 0 spiro atoms. The number of aliphatic hydroxyl groups excluding tert-OH is 1. The molecule has 0 unspecified atom stereocenters. The van der Waals surface area contributed by atoms with E-state index in [9.17, 15) is 29.4 Å². The second kappa shape index (κ2) is 14.5. The van der Waals surface area contributed by atoms with Gasteiger partial charge in [0.25, 0.3) is 0 Å². The molecule has 0 aromatic heterocycles. The molecule has 0 aromatic carbocycles. The lowest BCUT2D eigenvalue weighted by molar-refractivity contribution is -0.235. The Kier molecular flexibility index (Phi) is 10.8. The van der Waals surface area contributed by atoms with Crippen molar-refractivity contribution in [2.75, 3.05) is 32.7 Å². The second-order valence-corrected chi connectivity index (χ2v) is 22.3. The number of Topliss-reactive ketones (excluding diaryl/α,β-unsaturated/α-hetero) is 1. The SMILES string of the molecule is CC(C)C1=C2[C@H]3CC[C@@H]4[C@@]5(C)CC[C@H](OC(=O)CC(C)(C)C(=O)O)C(C)(C)[C@H]5CC[C@@]4(C)[C@]3(C)CC[C@@]2([C@@H](O)CN(CC2CC2)C(=O)CN2CCCC2)CC1=O. The van der Waals surface area contributed by atoms with Gasteiger partial charge in [0.15, 0.2) is 5.78 Å². The third kappa shape index (κ3) is 6.72. The summed E-state index contributed by atoms with van der Waals surface area (Å²) in [5.74, 6) is 0.537. The average molecular weight is 779 g/mol. The molecule has 1 amide bonds. The number of ether oxygens (including phenoxy) is 1. The van der Waals surface area contributed by atoms with E-state index in [4.69, 9.17) is 4.74 Å². The zero-order valence-corrected chi connectivity index (χ0v) is 36.3. The number of carboxylic acids is 1. The lowest BCUT2D eigenvalue weighted by Crippen LogP contribution is -2.66. The predicted molar refractivity (Wildman–Crippen MR) is 216 cm³/mol. The molecule has 56 heavy (non-hydrogen) atoms.